The van der Waals surface area contributed by atoms with Crippen molar-refractivity contribution in [1.82, 2.24) is 4.90 Å². The normalized spacial score (nSPS) is 18.5. The lowest BCUT2D eigenvalue weighted by molar-refractivity contribution is -0.131. The Hall–Kier alpha value is -0.420. The van der Waals surface area contributed by atoms with Gasteiger partial charge in [-0.3, -0.25) is 4.79 Å². The van der Waals surface area contributed by atoms with E-state index in [1.165, 1.54) is 6.42 Å². The Morgan fingerprint density at radius 2 is 2.05 bits per heavy atom. The SMILES string of the molecule is Cl.NCC1CCCCN1C(=O)CSc1ccc(Cl)cc1. The van der Waals surface area contributed by atoms with Crippen LogP contribution in [0.25, 0.3) is 0 Å². The van der Waals surface area contributed by atoms with Crippen LogP contribution in [0, 0.1) is 0 Å². The Labute approximate surface area is 135 Å². The second-order valence-electron chi connectivity index (χ2n) is 4.72. The number of amides is 1. The van der Waals surface area contributed by atoms with Crippen LogP contribution in [0.1, 0.15) is 19.3 Å². The van der Waals surface area contributed by atoms with Gasteiger partial charge in [0, 0.05) is 29.0 Å². The molecule has 2 rings (SSSR count). The van der Waals surface area contributed by atoms with Crippen LogP contribution in [0.2, 0.25) is 5.02 Å². The maximum atomic E-state index is 12.2. The molecule has 2 N–H and O–H groups in total. The lowest BCUT2D eigenvalue weighted by atomic mass is 10.0. The molecular formula is C14H20Cl2N2OS. The molecular weight excluding hydrogens is 315 g/mol. The molecule has 3 nitrogen and oxygen atoms in total. The molecule has 1 amide bonds. The molecule has 6 heteroatoms. The molecule has 1 unspecified atom stereocenters. The second-order valence-corrected chi connectivity index (χ2v) is 6.20. The molecule has 0 radical (unpaired) electrons. The molecule has 112 valence electrons. The summed E-state index contributed by atoms with van der Waals surface area (Å²) in [6.07, 6.45) is 3.30. The van der Waals surface area contributed by atoms with E-state index in [1.807, 2.05) is 29.2 Å². The lowest BCUT2D eigenvalue weighted by Crippen LogP contribution is -2.48. The summed E-state index contributed by atoms with van der Waals surface area (Å²) >= 11 is 7.39. The predicted molar refractivity (Wildman–Crippen MR) is 87.8 cm³/mol. The van der Waals surface area contributed by atoms with Crippen molar-refractivity contribution in [3.63, 3.8) is 0 Å². The first-order valence-electron chi connectivity index (χ1n) is 6.58. The zero-order valence-corrected chi connectivity index (χ0v) is 13.6. The molecule has 0 aliphatic carbocycles. The van der Waals surface area contributed by atoms with E-state index < -0.39 is 0 Å². The van der Waals surface area contributed by atoms with E-state index in [4.69, 9.17) is 17.3 Å². The largest absolute Gasteiger partial charge is 0.338 e. The van der Waals surface area contributed by atoms with Crippen molar-refractivity contribution in [2.75, 3.05) is 18.8 Å². The molecule has 0 saturated carbocycles. The summed E-state index contributed by atoms with van der Waals surface area (Å²) in [5.41, 5.74) is 5.74. The van der Waals surface area contributed by atoms with Crippen molar-refractivity contribution in [3.8, 4) is 0 Å². The summed E-state index contributed by atoms with van der Waals surface area (Å²) < 4.78 is 0. The van der Waals surface area contributed by atoms with Crippen molar-refractivity contribution >= 4 is 41.7 Å². The van der Waals surface area contributed by atoms with Gasteiger partial charge in [0.15, 0.2) is 0 Å². The summed E-state index contributed by atoms with van der Waals surface area (Å²) in [6.45, 7) is 1.42. The minimum absolute atomic E-state index is 0. The number of hydrogen-bond acceptors (Lipinski definition) is 3. The number of carbonyl (C=O) groups excluding carboxylic acids is 1. The molecule has 1 fully saturated rings. The van der Waals surface area contributed by atoms with Gasteiger partial charge in [0.25, 0.3) is 0 Å². The van der Waals surface area contributed by atoms with Crippen molar-refractivity contribution < 1.29 is 4.79 Å². The van der Waals surface area contributed by atoms with Crippen LogP contribution >= 0.6 is 35.8 Å². The molecule has 0 spiro atoms. The summed E-state index contributed by atoms with van der Waals surface area (Å²) in [5, 5.41) is 0.718. The number of halogens is 2. The van der Waals surface area contributed by atoms with E-state index in [2.05, 4.69) is 0 Å². The number of rotatable bonds is 4. The van der Waals surface area contributed by atoms with Crippen LogP contribution in [-0.2, 0) is 4.79 Å². The quantitative estimate of drug-likeness (QED) is 0.860. The van der Waals surface area contributed by atoms with E-state index in [9.17, 15) is 4.79 Å². The van der Waals surface area contributed by atoms with Gasteiger partial charge in [-0.15, -0.1) is 24.2 Å². The minimum Gasteiger partial charge on any atom is -0.338 e. The van der Waals surface area contributed by atoms with E-state index in [0.29, 0.717) is 12.3 Å². The zero-order chi connectivity index (χ0) is 13.7. The highest BCUT2D eigenvalue weighted by Gasteiger charge is 2.25. The van der Waals surface area contributed by atoms with Crippen LogP contribution in [0.15, 0.2) is 29.2 Å². The van der Waals surface area contributed by atoms with Crippen molar-refractivity contribution in [2.24, 2.45) is 5.73 Å². The number of piperidine rings is 1. The van der Waals surface area contributed by atoms with Crippen molar-refractivity contribution in [2.45, 2.75) is 30.2 Å². The van der Waals surface area contributed by atoms with E-state index in [-0.39, 0.29) is 24.4 Å². The van der Waals surface area contributed by atoms with Gasteiger partial charge < -0.3 is 10.6 Å². The average Bonchev–Trinajstić information content (AvgIpc) is 2.46. The smallest absolute Gasteiger partial charge is 0.233 e. The first-order chi connectivity index (χ1) is 9.20. The average molecular weight is 335 g/mol. The fourth-order valence-electron chi connectivity index (χ4n) is 2.33. The number of carbonyl (C=O) groups is 1. The third-order valence-electron chi connectivity index (χ3n) is 3.40. The fraction of sp³-hybridized carbons (Fsp3) is 0.500. The van der Waals surface area contributed by atoms with Gasteiger partial charge in [-0.2, -0.15) is 0 Å². The first-order valence-corrected chi connectivity index (χ1v) is 7.95. The Morgan fingerprint density at radius 1 is 1.35 bits per heavy atom. The summed E-state index contributed by atoms with van der Waals surface area (Å²) in [7, 11) is 0. The van der Waals surface area contributed by atoms with Crippen LogP contribution in [0.4, 0.5) is 0 Å². The Morgan fingerprint density at radius 3 is 2.70 bits per heavy atom. The third-order valence-corrected chi connectivity index (χ3v) is 4.64. The van der Waals surface area contributed by atoms with E-state index in [1.54, 1.807) is 11.8 Å². The molecule has 1 saturated heterocycles. The van der Waals surface area contributed by atoms with Gasteiger partial charge in [-0.05, 0) is 43.5 Å². The molecule has 1 aromatic carbocycles. The Kier molecular flexibility index (Phi) is 7.74. The Balaban J connectivity index is 0.00000200. The van der Waals surface area contributed by atoms with Crippen molar-refractivity contribution in [3.05, 3.63) is 29.3 Å². The number of likely N-dealkylation sites (tertiary alicyclic amines) is 1. The molecule has 0 bridgehead atoms. The van der Waals surface area contributed by atoms with Crippen molar-refractivity contribution in [1.29, 1.82) is 0 Å². The summed E-state index contributed by atoms with van der Waals surface area (Å²) in [5.74, 6) is 0.660. The standard InChI is InChI=1S/C14H19ClN2OS.ClH/c15-11-4-6-13(7-5-11)19-10-14(18)17-8-2-1-3-12(17)9-16;/h4-7,12H,1-3,8-10,16H2;1H. The van der Waals surface area contributed by atoms with Gasteiger partial charge in [0.05, 0.1) is 5.75 Å². The van der Waals surface area contributed by atoms with E-state index in [0.717, 1.165) is 29.3 Å². The van der Waals surface area contributed by atoms with Crippen LogP contribution in [0.3, 0.4) is 0 Å². The zero-order valence-electron chi connectivity index (χ0n) is 11.3. The van der Waals surface area contributed by atoms with Crippen LogP contribution in [0.5, 0.6) is 0 Å². The number of nitrogens with two attached hydrogens (primary N) is 1. The topological polar surface area (TPSA) is 46.3 Å². The molecule has 20 heavy (non-hydrogen) atoms. The van der Waals surface area contributed by atoms with Gasteiger partial charge in [0.1, 0.15) is 0 Å². The molecule has 1 heterocycles. The number of thioether (sulfide) groups is 1. The number of hydrogen-bond donors (Lipinski definition) is 1. The Bertz CT molecular complexity index is 428. The molecule has 1 aliphatic heterocycles. The molecule has 1 aromatic rings. The third kappa shape index (κ3) is 4.85. The van der Waals surface area contributed by atoms with Crippen LogP contribution in [-0.4, -0.2) is 35.7 Å². The van der Waals surface area contributed by atoms with Gasteiger partial charge in [-0.1, -0.05) is 11.6 Å². The minimum atomic E-state index is 0. The monoisotopic (exact) mass is 334 g/mol. The van der Waals surface area contributed by atoms with Crippen LogP contribution < -0.4 is 5.73 Å². The first kappa shape index (κ1) is 17.6. The highest BCUT2D eigenvalue weighted by molar-refractivity contribution is 8.00. The molecule has 1 atom stereocenters. The lowest BCUT2D eigenvalue weighted by Gasteiger charge is -2.35. The van der Waals surface area contributed by atoms with Gasteiger partial charge >= 0.3 is 0 Å². The summed E-state index contributed by atoms with van der Waals surface area (Å²) in [4.78, 5) is 15.3. The second kappa shape index (κ2) is 8.78. The number of benzene rings is 1. The highest BCUT2D eigenvalue weighted by atomic mass is 35.5. The molecule has 1 aliphatic rings. The number of nitrogens with zero attached hydrogens (tertiary/aromatic N) is 1. The highest BCUT2D eigenvalue weighted by Crippen LogP contribution is 2.22. The van der Waals surface area contributed by atoms with Gasteiger partial charge in [-0.25, -0.2) is 0 Å². The predicted octanol–water partition coefficient (Wildman–Crippen LogP) is 3.19. The maximum Gasteiger partial charge on any atom is 0.233 e. The van der Waals surface area contributed by atoms with E-state index >= 15 is 0 Å². The summed E-state index contributed by atoms with van der Waals surface area (Å²) in [6, 6.07) is 7.80. The van der Waals surface area contributed by atoms with Gasteiger partial charge in [0.2, 0.25) is 5.91 Å². The maximum absolute atomic E-state index is 12.2. The fourth-order valence-corrected chi connectivity index (χ4v) is 3.24. The molecule has 0 aromatic heterocycles.